The van der Waals surface area contributed by atoms with E-state index >= 15 is 14.4 Å². The molecule has 3 heterocycles. The van der Waals surface area contributed by atoms with Gasteiger partial charge in [0.05, 0.1) is 31.8 Å². The number of aromatic amines is 1. The molecule has 14 amide bonds. The minimum atomic E-state index is -2.02. The predicted octanol–water partition coefficient (Wildman–Crippen LogP) is -4.69. The molecule has 2 fully saturated rings. The number of aromatic hydroxyl groups is 1. The molecule has 5 aromatic rings. The molecular formula is C81H113N19O20S2. The Kier molecular flexibility index (Phi) is 40.7. The van der Waals surface area contributed by atoms with Gasteiger partial charge in [-0.05, 0) is 144 Å². The van der Waals surface area contributed by atoms with Gasteiger partial charge in [-0.3, -0.25) is 67.1 Å². The minimum absolute atomic E-state index is 0.115. The summed E-state index contributed by atoms with van der Waals surface area (Å²) in [5.41, 5.74) is 25.6. The van der Waals surface area contributed by atoms with Crippen LogP contribution in [0.3, 0.4) is 0 Å². The molecule has 4 unspecified atom stereocenters. The van der Waals surface area contributed by atoms with Crippen LogP contribution in [0, 0.1) is 0 Å². The molecule has 39 nitrogen and oxygen atoms in total. The third kappa shape index (κ3) is 31.6. The molecule has 2 aliphatic rings. The number of aliphatic carboxylic acids is 1. The number of aromatic nitrogens is 1. The smallest absolute Gasteiger partial charge is 0.326 e. The predicted molar refractivity (Wildman–Crippen MR) is 451 cm³/mol. The second kappa shape index (κ2) is 50.8. The Balaban J connectivity index is 1.33. The van der Waals surface area contributed by atoms with Gasteiger partial charge in [-0.1, -0.05) is 113 Å². The highest BCUT2D eigenvalue weighted by Crippen LogP contribution is 2.25. The molecule has 122 heavy (non-hydrogen) atoms. The van der Waals surface area contributed by atoms with E-state index in [2.05, 4.69) is 79.4 Å². The summed E-state index contributed by atoms with van der Waals surface area (Å²) >= 11 is 0. The van der Waals surface area contributed by atoms with Gasteiger partial charge in [-0.2, -0.15) is 0 Å². The SMILES string of the molecule is C[C@@H](O)[C@@H]1NC(=O)[C@H](CCCCN)NC(=O)C(Cc2c[nH]c3ccccc23)NC(=O)[C@H](Cc2ccccc2)NC(=O)C(Cc2ccccc2)NC(=O)[C@H](CC(N)=O)NC(=O)[C@H](CCCCN)NC(=O)[C@@H](NC(=O)[C@@H]2CCCN2)CSSC[C@@H](C(=O)N[C@@H](CCCCN)C(=O)O)NC(=O)C(CO)NC(=O)[C@H](CO)NC(=O)C(Cc2ccc(O)cc2)NC1=O. The van der Waals surface area contributed by atoms with Crippen molar-refractivity contribution in [3.8, 4) is 5.75 Å². The number of nitrogens with two attached hydrogens (primary N) is 4. The number of hydrogen-bond donors (Lipinski definition) is 24. The van der Waals surface area contributed by atoms with Gasteiger partial charge in [-0.25, -0.2) is 4.79 Å². The molecule has 15 atom stereocenters. The van der Waals surface area contributed by atoms with E-state index in [1.807, 2.05) is 0 Å². The number of benzene rings is 4. The number of carboxylic acids is 1. The molecule has 0 spiro atoms. The number of phenolic OH excluding ortho intramolecular Hbond substituents is 1. The first kappa shape index (κ1) is 97.8. The maximum Gasteiger partial charge on any atom is 0.326 e. The van der Waals surface area contributed by atoms with E-state index < -0.39 is 211 Å². The van der Waals surface area contributed by atoms with Gasteiger partial charge in [0.2, 0.25) is 82.7 Å². The van der Waals surface area contributed by atoms with E-state index in [9.17, 15) is 83.1 Å². The molecule has 664 valence electrons. The number of aliphatic hydroxyl groups excluding tert-OH is 3. The Morgan fingerprint density at radius 1 is 0.475 bits per heavy atom. The van der Waals surface area contributed by atoms with Gasteiger partial charge in [0.15, 0.2) is 0 Å². The van der Waals surface area contributed by atoms with Crippen LogP contribution in [-0.4, -0.2) is 261 Å². The van der Waals surface area contributed by atoms with Gasteiger partial charge in [0.25, 0.3) is 0 Å². The van der Waals surface area contributed by atoms with Crippen LogP contribution in [0.5, 0.6) is 5.75 Å². The van der Waals surface area contributed by atoms with Crippen molar-refractivity contribution in [1.82, 2.24) is 79.4 Å². The zero-order valence-electron chi connectivity index (χ0n) is 67.6. The van der Waals surface area contributed by atoms with Crippen LogP contribution >= 0.6 is 21.6 Å². The number of fused-ring (bicyclic) bond motifs is 1. The second-order valence-corrected chi connectivity index (χ2v) is 32.3. The number of H-pyrrole nitrogens is 1. The maximum atomic E-state index is 15.4. The average molecular weight is 1740 g/mol. The Bertz CT molecular complexity index is 4340. The summed E-state index contributed by atoms with van der Waals surface area (Å²) in [5.74, 6) is -17.6. The van der Waals surface area contributed by atoms with Crippen LogP contribution in [0.1, 0.15) is 106 Å². The third-order valence-corrected chi connectivity index (χ3v) is 22.6. The van der Waals surface area contributed by atoms with Crippen molar-refractivity contribution in [2.45, 2.75) is 200 Å². The Hall–Kier alpha value is -11.3. The lowest BCUT2D eigenvalue weighted by atomic mass is 10.00. The topological polar surface area (TPSA) is 645 Å². The number of para-hydroxylation sites is 1. The second-order valence-electron chi connectivity index (χ2n) is 29.7. The van der Waals surface area contributed by atoms with Gasteiger partial charge in [0.1, 0.15) is 84.3 Å². The summed E-state index contributed by atoms with van der Waals surface area (Å²) in [6, 6.07) is 5.59. The lowest BCUT2D eigenvalue weighted by Gasteiger charge is -2.29. The number of carbonyl (C=O) groups excluding carboxylic acids is 14. The number of hydrogen-bond acceptors (Lipinski definition) is 25. The maximum absolute atomic E-state index is 15.4. The lowest BCUT2D eigenvalue weighted by Crippen LogP contribution is -2.63. The molecule has 0 saturated carbocycles. The average Bonchev–Trinajstić information content (AvgIpc) is 1.65. The number of carboxylic acid groups (broad SMARTS) is 1. The molecule has 4 aromatic carbocycles. The summed E-state index contributed by atoms with van der Waals surface area (Å²) in [5, 5.41) is 89.8. The van der Waals surface area contributed by atoms with Crippen molar-refractivity contribution in [3.05, 3.63) is 138 Å². The quantitative estimate of drug-likeness (QED) is 0.0152. The van der Waals surface area contributed by atoms with Crippen LogP contribution in [0.4, 0.5) is 0 Å². The highest BCUT2D eigenvalue weighted by atomic mass is 33.1. The molecule has 7 rings (SSSR count). The van der Waals surface area contributed by atoms with E-state index in [1.54, 1.807) is 91.1 Å². The van der Waals surface area contributed by atoms with Gasteiger partial charge in [0, 0.05) is 54.3 Å². The van der Waals surface area contributed by atoms with Crippen LogP contribution in [-0.2, 0) is 97.6 Å². The van der Waals surface area contributed by atoms with Crippen molar-refractivity contribution in [2.75, 3.05) is 50.9 Å². The van der Waals surface area contributed by atoms with Crippen molar-refractivity contribution >= 4 is 121 Å². The van der Waals surface area contributed by atoms with Crippen molar-refractivity contribution in [3.63, 3.8) is 0 Å². The van der Waals surface area contributed by atoms with Crippen molar-refractivity contribution in [2.24, 2.45) is 22.9 Å². The molecule has 1 aromatic heterocycles. The van der Waals surface area contributed by atoms with E-state index in [-0.39, 0.29) is 94.5 Å². The number of nitrogens with one attached hydrogen (secondary N) is 15. The number of amides is 14. The molecule has 28 N–H and O–H groups in total. The fraction of sp³-hybridized carbons (Fsp3) is 0.494. The fourth-order valence-electron chi connectivity index (χ4n) is 13.4. The minimum Gasteiger partial charge on any atom is -0.508 e. The molecule has 2 aliphatic heterocycles. The molecule has 41 heteroatoms. The number of primary amides is 1. The molecule has 2 saturated heterocycles. The zero-order chi connectivity index (χ0) is 88.8. The summed E-state index contributed by atoms with van der Waals surface area (Å²) < 4.78 is 0. The van der Waals surface area contributed by atoms with E-state index in [1.165, 1.54) is 24.3 Å². The molecule has 0 radical (unpaired) electrons. The van der Waals surface area contributed by atoms with Gasteiger partial charge in [-0.15, -0.1) is 0 Å². The molecular weight excluding hydrogens is 1620 g/mol. The van der Waals surface area contributed by atoms with E-state index in [4.69, 9.17) is 22.9 Å². The third-order valence-electron chi connectivity index (χ3n) is 20.2. The zero-order valence-corrected chi connectivity index (χ0v) is 69.2. The highest BCUT2D eigenvalue weighted by Gasteiger charge is 2.40. The first-order valence-electron chi connectivity index (χ1n) is 40.4. The first-order valence-corrected chi connectivity index (χ1v) is 42.9. The Labute approximate surface area is 712 Å². The van der Waals surface area contributed by atoms with Crippen molar-refractivity contribution < 1.29 is 97.5 Å². The number of carbonyl (C=O) groups is 15. The van der Waals surface area contributed by atoms with Crippen LogP contribution < -0.4 is 97.4 Å². The van der Waals surface area contributed by atoms with E-state index in [0.717, 1.165) is 28.5 Å². The Morgan fingerprint density at radius 3 is 1.42 bits per heavy atom. The molecule has 0 bridgehead atoms. The number of rotatable bonds is 30. The van der Waals surface area contributed by atoms with Crippen LogP contribution in [0.15, 0.2) is 115 Å². The van der Waals surface area contributed by atoms with Crippen LogP contribution in [0.2, 0.25) is 0 Å². The first-order chi connectivity index (χ1) is 58.5. The standard InChI is InChI=1S/C81H113N19O20S2/c1-45(103)67-80(118)95-59(37-48-27-29-50(104)30-28-48)73(111)96-62(41-101)76(114)97-63(42-102)77(115)99-65(79(117)90-56(81(119)120)25-12-15-33-84)44-122-121-43-64(98-68(106)53-26-16-34-86-53)78(116)89-54(23-10-13-31-82)69(107)94-61(39-66(85)105)75(113)92-57(35-46-17-4-2-5-18-46)71(109)91-58(36-47-19-6-3-7-20-47)72(110)93-60(38-49-40-87-52-22-9-8-21-51(49)52)74(112)88-55(70(108)100-67)24-11-14-32-83/h2-9,17-22,27-30,40,45,53-65,67,86-87,101-104H,10-16,23-26,31-39,41-44,82-84H2,1H3,(H2,85,105)(H,88,112)(H,89,116)(H,90,117)(H,91,109)(H,92,113)(H,93,110)(H,94,107)(H,95,118)(H,96,111)(H,97,114)(H,98,106)(H,99,115)(H,100,108)(H,119,120)/t45-,53+,54+,55+,56+,57?,58+,59?,60?,61+,62+,63?,64+,65+,67+/m1/s1. The van der Waals surface area contributed by atoms with Crippen molar-refractivity contribution in [1.29, 1.82) is 0 Å². The summed E-state index contributed by atoms with van der Waals surface area (Å²) in [6.07, 6.45) is -0.383. The molecule has 0 aliphatic carbocycles. The Morgan fingerprint density at radius 2 is 0.910 bits per heavy atom. The lowest BCUT2D eigenvalue weighted by molar-refractivity contribution is -0.142. The summed E-state index contributed by atoms with van der Waals surface area (Å²) in [6.45, 7) is -0.455. The van der Waals surface area contributed by atoms with E-state index in [0.29, 0.717) is 66.2 Å². The highest BCUT2D eigenvalue weighted by molar-refractivity contribution is 8.76. The number of phenols is 1. The summed E-state index contributed by atoms with van der Waals surface area (Å²) in [7, 11) is 1.66. The van der Waals surface area contributed by atoms with Gasteiger partial charge < -0.3 is 128 Å². The summed E-state index contributed by atoms with van der Waals surface area (Å²) in [4.78, 5) is 221. The monoisotopic (exact) mass is 1740 g/mol. The van der Waals surface area contributed by atoms with Gasteiger partial charge >= 0.3 is 5.97 Å². The van der Waals surface area contributed by atoms with Crippen LogP contribution in [0.25, 0.3) is 10.9 Å². The normalized spacial score (nSPS) is 24.1. The number of unbranched alkanes of at least 4 members (excludes halogenated alkanes) is 3. The fourth-order valence-corrected chi connectivity index (χ4v) is 15.7. The number of aliphatic hydroxyl groups is 3. The largest absolute Gasteiger partial charge is 0.508 e.